The van der Waals surface area contributed by atoms with Crippen molar-refractivity contribution < 1.29 is 51.3 Å². The van der Waals surface area contributed by atoms with Gasteiger partial charge in [-0.3, -0.25) is 0 Å². The molecule has 0 aliphatic carbocycles. The van der Waals surface area contributed by atoms with Crippen molar-refractivity contribution in [2.24, 2.45) is 0 Å². The second-order valence-electron chi connectivity index (χ2n) is 6.56. The number of carbonyl (C=O) groups excluding carboxylic acids is 2. The summed E-state index contributed by atoms with van der Waals surface area (Å²) < 4.78 is 47.0. The summed E-state index contributed by atoms with van der Waals surface area (Å²) in [5, 5.41) is 5.21. The van der Waals surface area contributed by atoms with Gasteiger partial charge in [0.15, 0.2) is 0 Å². The molecule has 0 bridgehead atoms. The van der Waals surface area contributed by atoms with Crippen LogP contribution in [0, 0.1) is 0 Å². The van der Waals surface area contributed by atoms with Gasteiger partial charge in [0.2, 0.25) is 0 Å². The lowest BCUT2D eigenvalue weighted by Crippen LogP contribution is -2.43. The zero-order chi connectivity index (χ0) is 25.3. The molecule has 0 atom stereocenters. The fraction of sp³-hybridized carbons (Fsp3) is 0.900. The lowest BCUT2D eigenvalue weighted by Gasteiger charge is -2.24. The number of hydrogen-bond donors (Lipinski definition) is 2. The van der Waals surface area contributed by atoms with E-state index in [1.807, 2.05) is 6.92 Å². The Kier molecular flexibility index (Phi) is 22.2. The molecule has 202 valence electrons. The Hall–Kier alpha value is -1.52. The van der Waals surface area contributed by atoms with Crippen molar-refractivity contribution in [3.05, 3.63) is 0 Å². The van der Waals surface area contributed by atoms with E-state index in [9.17, 15) is 9.59 Å². The lowest BCUT2D eigenvalue weighted by molar-refractivity contribution is -0.000718. The van der Waals surface area contributed by atoms with E-state index in [0.29, 0.717) is 65.2 Å². The fourth-order valence-corrected chi connectivity index (χ4v) is 4.17. The number of nitrogens with one attached hydrogen (secondary N) is 2. The number of amides is 2. The van der Waals surface area contributed by atoms with E-state index in [-0.39, 0.29) is 26.4 Å². The maximum absolute atomic E-state index is 11.6. The molecule has 0 fully saturated rings. The molecule has 0 aromatic carbocycles. The zero-order valence-corrected chi connectivity index (χ0v) is 21.9. The molecule has 0 heterocycles. The van der Waals surface area contributed by atoms with E-state index in [2.05, 4.69) is 10.6 Å². The van der Waals surface area contributed by atoms with E-state index in [0.717, 1.165) is 0 Å². The molecule has 13 nitrogen and oxygen atoms in total. The normalized spacial score (nSPS) is 11.3. The molecule has 0 radical (unpaired) electrons. The Morgan fingerprint density at radius 3 is 1.50 bits per heavy atom. The minimum Gasteiger partial charge on any atom is -0.447 e. The first-order valence-electron chi connectivity index (χ1n) is 11.3. The number of hydrogen-bond acceptors (Lipinski definition) is 11. The first kappa shape index (κ1) is 32.5. The van der Waals surface area contributed by atoms with E-state index >= 15 is 0 Å². The topological polar surface area (TPSA) is 141 Å². The maximum Gasteiger partial charge on any atom is 0.500 e. The minimum atomic E-state index is -2.61. The predicted octanol–water partition coefficient (Wildman–Crippen LogP) is 0.793. The van der Waals surface area contributed by atoms with Crippen LogP contribution in [0.2, 0.25) is 6.04 Å². The van der Waals surface area contributed by atoms with Crippen LogP contribution in [0.25, 0.3) is 0 Å². The molecule has 2 amide bonds. The van der Waals surface area contributed by atoms with E-state index in [4.69, 9.17) is 41.7 Å². The van der Waals surface area contributed by atoms with E-state index in [1.54, 1.807) is 21.3 Å². The Labute approximate surface area is 203 Å². The van der Waals surface area contributed by atoms with Crippen molar-refractivity contribution in [2.75, 3.05) is 100 Å². The van der Waals surface area contributed by atoms with E-state index in [1.165, 1.54) is 0 Å². The van der Waals surface area contributed by atoms with Crippen LogP contribution in [0.1, 0.15) is 13.3 Å². The van der Waals surface area contributed by atoms with Crippen LogP contribution >= 0.6 is 0 Å². The van der Waals surface area contributed by atoms with Crippen molar-refractivity contribution in [2.45, 2.75) is 19.4 Å². The predicted molar refractivity (Wildman–Crippen MR) is 124 cm³/mol. The third-order valence-electron chi connectivity index (χ3n) is 4.25. The molecule has 0 unspecified atom stereocenters. The summed E-state index contributed by atoms with van der Waals surface area (Å²) in [4.78, 5) is 22.9. The standard InChI is InChI=1S/C20H42N2O11Si/c1-5-28-9-8-22-20(24)33-17-15-31-13-11-29-10-12-30-14-16-32-19(23)21-7-6-18-34(25-2,26-3)27-4/h5-18H2,1-4H3,(H,21,23)(H,22,24). The molecule has 0 aromatic rings. The van der Waals surface area contributed by atoms with Gasteiger partial charge in [0.05, 0.1) is 46.2 Å². The molecular weight excluding hydrogens is 472 g/mol. The van der Waals surface area contributed by atoms with Gasteiger partial charge in [0, 0.05) is 47.1 Å². The van der Waals surface area contributed by atoms with Crippen molar-refractivity contribution >= 4 is 21.0 Å². The van der Waals surface area contributed by atoms with Gasteiger partial charge >= 0.3 is 21.0 Å². The van der Waals surface area contributed by atoms with Crippen LogP contribution < -0.4 is 10.6 Å². The molecule has 0 rings (SSSR count). The molecular formula is C20H42N2O11Si. The van der Waals surface area contributed by atoms with Crippen LogP contribution in [-0.4, -0.2) is 121 Å². The van der Waals surface area contributed by atoms with Crippen LogP contribution in [0.5, 0.6) is 0 Å². The third-order valence-corrected chi connectivity index (χ3v) is 7.08. The molecule has 0 saturated heterocycles. The van der Waals surface area contributed by atoms with Gasteiger partial charge in [0.1, 0.15) is 13.2 Å². The molecule has 34 heavy (non-hydrogen) atoms. The van der Waals surface area contributed by atoms with Crippen molar-refractivity contribution in [1.29, 1.82) is 0 Å². The van der Waals surface area contributed by atoms with Crippen LogP contribution in [0.3, 0.4) is 0 Å². The molecule has 0 aliphatic rings. The Balaban J connectivity index is 3.37. The van der Waals surface area contributed by atoms with Crippen LogP contribution in [0.4, 0.5) is 9.59 Å². The smallest absolute Gasteiger partial charge is 0.447 e. The molecule has 2 N–H and O–H groups in total. The second-order valence-corrected chi connectivity index (χ2v) is 9.65. The Morgan fingerprint density at radius 2 is 1.06 bits per heavy atom. The van der Waals surface area contributed by atoms with Gasteiger partial charge in [-0.1, -0.05) is 0 Å². The van der Waals surface area contributed by atoms with Crippen molar-refractivity contribution in [3.8, 4) is 0 Å². The zero-order valence-electron chi connectivity index (χ0n) is 20.9. The number of rotatable bonds is 23. The molecule has 14 heteroatoms. The number of carbonyl (C=O) groups is 2. The number of alkyl carbamates (subject to hydrolysis) is 2. The van der Waals surface area contributed by atoms with E-state index < -0.39 is 21.0 Å². The second kappa shape index (κ2) is 23.2. The highest BCUT2D eigenvalue weighted by Gasteiger charge is 2.36. The SMILES string of the molecule is CCOCCNC(=O)OCCOCCOCCOCCOC(=O)NCCC[Si](OC)(OC)OC. The van der Waals surface area contributed by atoms with Crippen LogP contribution in [0.15, 0.2) is 0 Å². The van der Waals surface area contributed by atoms with Crippen molar-refractivity contribution in [1.82, 2.24) is 10.6 Å². The summed E-state index contributed by atoms with van der Waals surface area (Å²) in [5.74, 6) is 0. The molecule has 0 spiro atoms. The third kappa shape index (κ3) is 18.9. The molecule has 0 aromatic heterocycles. The highest BCUT2D eigenvalue weighted by molar-refractivity contribution is 6.60. The summed E-state index contributed by atoms with van der Waals surface area (Å²) in [7, 11) is 2.03. The summed E-state index contributed by atoms with van der Waals surface area (Å²) in [6, 6.07) is 0.589. The van der Waals surface area contributed by atoms with Gasteiger partial charge in [-0.2, -0.15) is 0 Å². The van der Waals surface area contributed by atoms with Gasteiger partial charge in [-0.05, 0) is 13.3 Å². The first-order chi connectivity index (χ1) is 16.5. The molecule has 0 aliphatic heterocycles. The highest BCUT2D eigenvalue weighted by Crippen LogP contribution is 2.14. The summed E-state index contributed by atoms with van der Waals surface area (Å²) >= 11 is 0. The average molecular weight is 515 g/mol. The Bertz CT molecular complexity index is 491. The van der Waals surface area contributed by atoms with Crippen molar-refractivity contribution in [3.63, 3.8) is 0 Å². The minimum absolute atomic E-state index is 0.140. The first-order valence-corrected chi connectivity index (χ1v) is 13.2. The monoisotopic (exact) mass is 514 g/mol. The highest BCUT2D eigenvalue weighted by atomic mass is 28.4. The lowest BCUT2D eigenvalue weighted by atomic mass is 10.5. The summed E-state index contributed by atoms with van der Waals surface area (Å²) in [6.07, 6.45) is -0.364. The van der Waals surface area contributed by atoms with Gasteiger partial charge in [-0.25, -0.2) is 9.59 Å². The quantitative estimate of drug-likeness (QED) is 0.148. The van der Waals surface area contributed by atoms with Gasteiger partial charge in [-0.15, -0.1) is 0 Å². The Morgan fingerprint density at radius 1 is 0.618 bits per heavy atom. The van der Waals surface area contributed by atoms with Gasteiger partial charge in [0.25, 0.3) is 0 Å². The van der Waals surface area contributed by atoms with Crippen LogP contribution in [-0.2, 0) is 41.7 Å². The van der Waals surface area contributed by atoms with Gasteiger partial charge < -0.3 is 52.3 Å². The summed E-state index contributed by atoms with van der Waals surface area (Å²) in [6.45, 7) is 6.15. The summed E-state index contributed by atoms with van der Waals surface area (Å²) in [5.41, 5.74) is 0. The number of ether oxygens (including phenoxy) is 6. The molecule has 0 saturated carbocycles. The average Bonchev–Trinajstić information content (AvgIpc) is 2.85. The largest absolute Gasteiger partial charge is 0.500 e. The maximum atomic E-state index is 11.6. The fourth-order valence-electron chi connectivity index (χ4n) is 2.45.